The van der Waals surface area contributed by atoms with Crippen LogP contribution in [0, 0.1) is 0 Å². The molecule has 1 aliphatic heterocycles. The van der Waals surface area contributed by atoms with Gasteiger partial charge in [-0.2, -0.15) is 0 Å². The fraction of sp³-hybridized carbons (Fsp3) is 0.276. The predicted octanol–water partition coefficient (Wildman–Crippen LogP) is 6.51. The van der Waals surface area contributed by atoms with Crippen LogP contribution in [-0.4, -0.2) is 18.9 Å². The minimum atomic E-state index is -0.175. The molecule has 2 aliphatic rings. The minimum Gasteiger partial charge on any atom is -0.372 e. The van der Waals surface area contributed by atoms with E-state index < -0.39 is 0 Å². The molecular weight excluding hydrogens is 406 g/mol. The SMILES string of the molecule is CCN(CC)c1ccc([C@@H]2Nc3ccccc3NC3=C2C(=O)C[C@H](c2ccccc2)C3)cc1. The van der Waals surface area contributed by atoms with Crippen LogP contribution in [0.2, 0.25) is 0 Å². The molecule has 0 saturated heterocycles. The second-order valence-corrected chi connectivity index (χ2v) is 8.84. The van der Waals surface area contributed by atoms with Crippen LogP contribution in [0.3, 0.4) is 0 Å². The lowest BCUT2D eigenvalue weighted by molar-refractivity contribution is -0.116. The molecule has 0 radical (unpaired) electrons. The lowest BCUT2D eigenvalue weighted by atomic mass is 9.78. The summed E-state index contributed by atoms with van der Waals surface area (Å²) < 4.78 is 0. The average molecular weight is 438 g/mol. The van der Waals surface area contributed by atoms with E-state index in [-0.39, 0.29) is 17.7 Å². The van der Waals surface area contributed by atoms with Crippen molar-refractivity contribution in [1.82, 2.24) is 0 Å². The normalized spacial score (nSPS) is 19.6. The number of anilines is 3. The maximum absolute atomic E-state index is 13.6. The van der Waals surface area contributed by atoms with E-state index >= 15 is 0 Å². The highest BCUT2D eigenvalue weighted by Crippen LogP contribution is 2.44. The molecule has 4 heteroatoms. The molecule has 1 heterocycles. The van der Waals surface area contributed by atoms with Crippen LogP contribution >= 0.6 is 0 Å². The van der Waals surface area contributed by atoms with Gasteiger partial charge in [-0.05, 0) is 61.6 Å². The Morgan fingerprint density at radius 3 is 2.15 bits per heavy atom. The zero-order valence-electron chi connectivity index (χ0n) is 19.3. The zero-order valence-corrected chi connectivity index (χ0v) is 19.3. The highest BCUT2D eigenvalue weighted by atomic mass is 16.1. The van der Waals surface area contributed by atoms with Gasteiger partial charge in [0.15, 0.2) is 5.78 Å². The Labute approximate surface area is 196 Å². The van der Waals surface area contributed by atoms with Gasteiger partial charge in [0.2, 0.25) is 0 Å². The summed E-state index contributed by atoms with van der Waals surface area (Å²) in [5, 5.41) is 7.31. The summed E-state index contributed by atoms with van der Waals surface area (Å²) in [6.07, 6.45) is 1.37. The van der Waals surface area contributed by atoms with E-state index in [0.717, 1.165) is 47.7 Å². The van der Waals surface area contributed by atoms with Crippen LogP contribution in [0.25, 0.3) is 0 Å². The van der Waals surface area contributed by atoms with E-state index in [1.807, 2.05) is 18.2 Å². The first kappa shape index (κ1) is 21.3. The Morgan fingerprint density at radius 2 is 1.45 bits per heavy atom. The Balaban J connectivity index is 1.56. The number of Topliss-reactive ketones (excluding diaryl/α,β-unsaturated/α-hetero) is 1. The topological polar surface area (TPSA) is 44.4 Å². The monoisotopic (exact) mass is 437 g/mol. The van der Waals surface area contributed by atoms with Crippen molar-refractivity contribution in [2.45, 2.75) is 38.6 Å². The van der Waals surface area contributed by atoms with Crippen molar-refractivity contribution in [3.63, 3.8) is 0 Å². The third kappa shape index (κ3) is 4.13. The number of nitrogens with zero attached hydrogens (tertiary/aromatic N) is 1. The van der Waals surface area contributed by atoms with Gasteiger partial charge in [0.05, 0.1) is 17.4 Å². The maximum Gasteiger partial charge on any atom is 0.163 e. The number of allylic oxidation sites excluding steroid dienone is 1. The average Bonchev–Trinajstić information content (AvgIpc) is 3.03. The van der Waals surface area contributed by atoms with Gasteiger partial charge < -0.3 is 15.5 Å². The molecule has 3 aromatic carbocycles. The standard InChI is InChI=1S/C29H31N3O/c1-3-32(4-2)23-16-14-21(15-17-23)29-28-26(30-24-12-8-9-13-25(24)31-29)18-22(19-27(28)33)20-10-6-5-7-11-20/h5-17,22,29-31H,3-4,18-19H2,1-2H3/t22-,29+/m1/s1. The minimum absolute atomic E-state index is 0.175. The first-order valence-electron chi connectivity index (χ1n) is 12.0. The Bertz CT molecular complexity index is 1160. The zero-order chi connectivity index (χ0) is 22.8. The fourth-order valence-electron chi connectivity index (χ4n) is 5.17. The Kier molecular flexibility index (Phi) is 5.91. The number of hydrogen-bond acceptors (Lipinski definition) is 4. The van der Waals surface area contributed by atoms with Crippen LogP contribution < -0.4 is 15.5 Å². The van der Waals surface area contributed by atoms with Crippen molar-refractivity contribution in [3.8, 4) is 0 Å². The molecule has 0 bridgehead atoms. The summed E-state index contributed by atoms with van der Waals surface area (Å²) in [4.78, 5) is 16.0. The van der Waals surface area contributed by atoms with Gasteiger partial charge in [-0.15, -0.1) is 0 Å². The first-order valence-corrected chi connectivity index (χ1v) is 12.0. The Morgan fingerprint density at radius 1 is 0.788 bits per heavy atom. The molecule has 0 aromatic heterocycles. The van der Waals surface area contributed by atoms with Gasteiger partial charge >= 0.3 is 0 Å². The summed E-state index contributed by atoms with van der Waals surface area (Å²) >= 11 is 0. The van der Waals surface area contributed by atoms with E-state index in [1.54, 1.807) is 0 Å². The molecule has 2 atom stereocenters. The second-order valence-electron chi connectivity index (χ2n) is 8.84. The predicted molar refractivity (Wildman–Crippen MR) is 137 cm³/mol. The van der Waals surface area contributed by atoms with E-state index in [9.17, 15) is 4.79 Å². The molecule has 1 aliphatic carbocycles. The summed E-state index contributed by atoms with van der Waals surface area (Å²) in [5.41, 5.74) is 7.50. The van der Waals surface area contributed by atoms with E-state index in [2.05, 4.69) is 90.0 Å². The summed E-state index contributed by atoms with van der Waals surface area (Å²) in [6.45, 7) is 6.30. The number of fused-ring (bicyclic) bond motifs is 1. The molecule has 0 amide bonds. The molecule has 3 aromatic rings. The molecular formula is C29H31N3O. The molecule has 2 N–H and O–H groups in total. The van der Waals surface area contributed by atoms with Crippen molar-refractivity contribution < 1.29 is 4.79 Å². The fourth-order valence-corrected chi connectivity index (χ4v) is 5.17. The number of ketones is 1. The number of rotatable bonds is 5. The Hall–Kier alpha value is -3.53. The summed E-state index contributed by atoms with van der Waals surface area (Å²) in [7, 11) is 0. The van der Waals surface area contributed by atoms with Gasteiger partial charge in [-0.1, -0.05) is 54.6 Å². The van der Waals surface area contributed by atoms with Gasteiger partial charge in [-0.25, -0.2) is 0 Å². The lowest BCUT2D eigenvalue weighted by Crippen LogP contribution is -2.27. The molecule has 5 rings (SSSR count). The highest BCUT2D eigenvalue weighted by molar-refractivity contribution is 6.01. The van der Waals surface area contributed by atoms with E-state index in [0.29, 0.717) is 6.42 Å². The number of para-hydroxylation sites is 2. The molecule has 33 heavy (non-hydrogen) atoms. The second kappa shape index (κ2) is 9.14. The lowest BCUT2D eigenvalue weighted by Gasteiger charge is -2.30. The van der Waals surface area contributed by atoms with Crippen LogP contribution in [0.4, 0.5) is 17.1 Å². The van der Waals surface area contributed by atoms with Crippen molar-refractivity contribution in [2.24, 2.45) is 0 Å². The number of carbonyl (C=O) groups is 1. The van der Waals surface area contributed by atoms with Crippen molar-refractivity contribution in [1.29, 1.82) is 0 Å². The number of hydrogen-bond donors (Lipinski definition) is 2. The van der Waals surface area contributed by atoms with Crippen LogP contribution in [-0.2, 0) is 4.79 Å². The third-order valence-corrected chi connectivity index (χ3v) is 6.93. The van der Waals surface area contributed by atoms with E-state index in [1.165, 1.54) is 11.3 Å². The first-order chi connectivity index (χ1) is 16.2. The van der Waals surface area contributed by atoms with Crippen LogP contribution in [0.15, 0.2) is 90.1 Å². The summed E-state index contributed by atoms with van der Waals surface area (Å²) in [6, 6.07) is 27.1. The van der Waals surface area contributed by atoms with Crippen LogP contribution in [0.5, 0.6) is 0 Å². The molecule has 168 valence electrons. The third-order valence-electron chi connectivity index (χ3n) is 6.93. The smallest absolute Gasteiger partial charge is 0.163 e. The number of benzene rings is 3. The molecule has 0 saturated carbocycles. The molecule has 0 unspecified atom stereocenters. The maximum atomic E-state index is 13.6. The molecule has 0 fully saturated rings. The molecule has 0 spiro atoms. The van der Waals surface area contributed by atoms with E-state index in [4.69, 9.17) is 0 Å². The van der Waals surface area contributed by atoms with Gasteiger partial charge in [0.1, 0.15) is 0 Å². The largest absolute Gasteiger partial charge is 0.372 e. The molecule has 4 nitrogen and oxygen atoms in total. The summed E-state index contributed by atoms with van der Waals surface area (Å²) in [5.74, 6) is 0.414. The van der Waals surface area contributed by atoms with Gasteiger partial charge in [-0.3, -0.25) is 4.79 Å². The van der Waals surface area contributed by atoms with Gasteiger partial charge in [0, 0.05) is 36.5 Å². The quantitative estimate of drug-likeness (QED) is 0.477. The van der Waals surface area contributed by atoms with Crippen LogP contribution in [0.1, 0.15) is 49.8 Å². The number of nitrogens with one attached hydrogen (secondary N) is 2. The van der Waals surface area contributed by atoms with Crippen molar-refractivity contribution >= 4 is 22.8 Å². The van der Waals surface area contributed by atoms with Crippen molar-refractivity contribution in [3.05, 3.63) is 101 Å². The highest BCUT2D eigenvalue weighted by Gasteiger charge is 2.36. The van der Waals surface area contributed by atoms with Crippen molar-refractivity contribution in [2.75, 3.05) is 28.6 Å². The van der Waals surface area contributed by atoms with Gasteiger partial charge in [0.25, 0.3) is 0 Å². The number of carbonyl (C=O) groups excluding carboxylic acids is 1.